The van der Waals surface area contributed by atoms with E-state index in [1.54, 1.807) is 23.2 Å². The quantitative estimate of drug-likeness (QED) is 0.500. The van der Waals surface area contributed by atoms with Crippen LogP contribution in [0, 0.1) is 0 Å². The van der Waals surface area contributed by atoms with Gasteiger partial charge in [-0.3, -0.25) is 9.48 Å². The van der Waals surface area contributed by atoms with Gasteiger partial charge in [0.15, 0.2) is 0 Å². The summed E-state index contributed by atoms with van der Waals surface area (Å²) in [6.07, 6.45) is 8.51. The summed E-state index contributed by atoms with van der Waals surface area (Å²) in [5.74, 6) is -2.01. The molecule has 0 unspecified atom stereocenters. The zero-order valence-electron chi connectivity index (χ0n) is 17.5. The van der Waals surface area contributed by atoms with Crippen LogP contribution in [0.15, 0.2) is 43.2 Å². The van der Waals surface area contributed by atoms with Gasteiger partial charge >= 0.3 is 0 Å². The second-order valence-electron chi connectivity index (χ2n) is 8.43. The smallest absolute Gasteiger partial charge is 0.277 e. The molecule has 0 bridgehead atoms. The predicted octanol–water partition coefficient (Wildman–Crippen LogP) is 5.69. The summed E-state index contributed by atoms with van der Waals surface area (Å²) < 4.78 is 29.2. The second kappa shape index (κ2) is 7.55. The molecule has 1 aromatic carbocycles. The fraction of sp³-hybridized carbons (Fsp3) is 0.348. The molecule has 1 atom stereocenters. The molecule has 1 fully saturated rings. The van der Waals surface area contributed by atoms with Crippen molar-refractivity contribution in [3.63, 3.8) is 0 Å². The largest absolute Gasteiger partial charge is 0.342 e. The fourth-order valence-corrected chi connectivity index (χ4v) is 4.63. The molecule has 32 heavy (non-hydrogen) atoms. The van der Waals surface area contributed by atoms with E-state index in [1.165, 1.54) is 29.5 Å². The number of aromatic amines is 1. The number of hydrogen-bond acceptors (Lipinski definition) is 3. The average molecular weight is 458 g/mol. The van der Waals surface area contributed by atoms with Gasteiger partial charge in [-0.2, -0.15) is 5.10 Å². The Morgan fingerprint density at radius 2 is 2.09 bits per heavy atom. The molecule has 1 aliphatic heterocycles. The third-order valence-corrected chi connectivity index (χ3v) is 6.63. The molecule has 1 aliphatic carbocycles. The summed E-state index contributed by atoms with van der Waals surface area (Å²) in [6, 6.07) is 3.88. The molecule has 3 aromatic rings. The summed E-state index contributed by atoms with van der Waals surface area (Å²) in [6.45, 7) is 4.95. The number of fused-ring (bicyclic) bond motifs is 1. The highest BCUT2D eigenvalue weighted by molar-refractivity contribution is 6.31. The van der Waals surface area contributed by atoms with Crippen molar-refractivity contribution in [1.82, 2.24) is 19.7 Å². The van der Waals surface area contributed by atoms with Crippen LogP contribution in [0.3, 0.4) is 0 Å². The van der Waals surface area contributed by atoms with Gasteiger partial charge in [-0.05, 0) is 31.0 Å². The van der Waals surface area contributed by atoms with Gasteiger partial charge in [0.2, 0.25) is 0 Å². The minimum absolute atomic E-state index is 0.0871. The highest BCUT2D eigenvalue weighted by Gasteiger charge is 2.36. The van der Waals surface area contributed by atoms with Crippen molar-refractivity contribution in [1.29, 1.82) is 0 Å². The summed E-state index contributed by atoms with van der Waals surface area (Å²) in [4.78, 5) is 22.9. The topological polar surface area (TPSA) is 66.8 Å². The highest BCUT2D eigenvalue weighted by Crippen LogP contribution is 2.39. The van der Waals surface area contributed by atoms with Crippen molar-refractivity contribution in [3.05, 3.63) is 65.4 Å². The number of benzene rings is 1. The molecule has 9 heteroatoms. The zero-order valence-corrected chi connectivity index (χ0v) is 18.2. The van der Waals surface area contributed by atoms with Gasteiger partial charge < -0.3 is 9.88 Å². The number of alkyl halides is 2. The first-order valence-electron chi connectivity index (χ1n) is 10.5. The van der Waals surface area contributed by atoms with Crippen molar-refractivity contribution in [2.75, 3.05) is 11.4 Å². The standard InChI is InChI=1S/C23H22ClF2N5O/c1-3-14-12-30(15-7-8-17(18(24)9-15)23(2,25)26)22(32)20-16(10-28-31(14)20)19-11-27-21(29-19)13-5-4-6-13/h3,7-11,13-14H,1,4-6,12H2,2H3,(H,27,29)/t14-/m0/s1. The van der Waals surface area contributed by atoms with Gasteiger partial charge in [0.05, 0.1) is 41.3 Å². The highest BCUT2D eigenvalue weighted by atomic mass is 35.5. The molecule has 2 aliphatic rings. The molecular weight excluding hydrogens is 436 g/mol. The number of amides is 1. The molecule has 0 saturated heterocycles. The summed E-state index contributed by atoms with van der Waals surface area (Å²) >= 11 is 6.14. The van der Waals surface area contributed by atoms with Crippen LogP contribution in [0.4, 0.5) is 14.5 Å². The zero-order chi connectivity index (χ0) is 22.6. The third kappa shape index (κ3) is 3.33. The van der Waals surface area contributed by atoms with Crippen LogP contribution in [0.25, 0.3) is 11.3 Å². The van der Waals surface area contributed by atoms with Crippen molar-refractivity contribution in [3.8, 4) is 11.3 Å². The van der Waals surface area contributed by atoms with Crippen LogP contribution in [-0.2, 0) is 5.92 Å². The predicted molar refractivity (Wildman–Crippen MR) is 118 cm³/mol. The third-order valence-electron chi connectivity index (χ3n) is 6.31. The number of nitrogens with one attached hydrogen (secondary N) is 1. The number of hydrogen-bond donors (Lipinski definition) is 1. The minimum Gasteiger partial charge on any atom is -0.342 e. The van der Waals surface area contributed by atoms with Gasteiger partial charge in [-0.1, -0.05) is 24.1 Å². The fourth-order valence-electron chi connectivity index (χ4n) is 4.29. The SMILES string of the molecule is C=C[C@H]1CN(c2ccc(C(C)(F)F)c(Cl)c2)C(=O)c2c(-c3cnc(C4CCC4)[nH]3)cnn21. The molecule has 0 spiro atoms. The Kier molecular flexibility index (Phi) is 4.93. The van der Waals surface area contributed by atoms with Crippen LogP contribution in [0.2, 0.25) is 5.02 Å². The Balaban J connectivity index is 1.54. The molecule has 1 saturated carbocycles. The first kappa shape index (κ1) is 20.9. The normalized spacial score (nSPS) is 19.1. The maximum Gasteiger partial charge on any atom is 0.277 e. The van der Waals surface area contributed by atoms with E-state index in [0.29, 0.717) is 22.9 Å². The number of imidazole rings is 1. The lowest BCUT2D eigenvalue weighted by molar-refractivity contribution is 0.0176. The maximum atomic E-state index is 13.8. The van der Waals surface area contributed by atoms with E-state index in [9.17, 15) is 13.6 Å². The van der Waals surface area contributed by atoms with E-state index in [1.807, 2.05) is 0 Å². The lowest BCUT2D eigenvalue weighted by Crippen LogP contribution is -2.43. The number of H-pyrrole nitrogens is 1. The van der Waals surface area contributed by atoms with E-state index in [0.717, 1.165) is 31.3 Å². The van der Waals surface area contributed by atoms with Crippen LogP contribution >= 0.6 is 11.6 Å². The molecule has 166 valence electrons. The van der Waals surface area contributed by atoms with E-state index in [4.69, 9.17) is 11.6 Å². The van der Waals surface area contributed by atoms with Crippen LogP contribution in [0.1, 0.15) is 60.0 Å². The van der Waals surface area contributed by atoms with Crippen molar-refractivity contribution in [2.45, 2.75) is 44.1 Å². The van der Waals surface area contributed by atoms with Gasteiger partial charge in [-0.25, -0.2) is 13.8 Å². The van der Waals surface area contributed by atoms with E-state index < -0.39 is 5.92 Å². The van der Waals surface area contributed by atoms with Crippen LogP contribution in [0.5, 0.6) is 0 Å². The Labute approximate surface area is 188 Å². The number of rotatable bonds is 5. The van der Waals surface area contributed by atoms with Crippen LogP contribution < -0.4 is 4.90 Å². The molecule has 1 N–H and O–H groups in total. The summed E-state index contributed by atoms with van der Waals surface area (Å²) in [5.41, 5.74) is 1.93. The number of aromatic nitrogens is 4. The van der Waals surface area contributed by atoms with Crippen molar-refractivity contribution < 1.29 is 13.6 Å². The number of halogens is 3. The molecule has 0 radical (unpaired) electrons. The average Bonchev–Trinajstić information content (AvgIpc) is 3.33. The first-order valence-corrected chi connectivity index (χ1v) is 10.9. The molecule has 6 nitrogen and oxygen atoms in total. The lowest BCUT2D eigenvalue weighted by atomic mass is 9.85. The summed E-state index contributed by atoms with van der Waals surface area (Å²) in [7, 11) is 0. The lowest BCUT2D eigenvalue weighted by Gasteiger charge is -2.33. The summed E-state index contributed by atoms with van der Waals surface area (Å²) in [5, 5.41) is 4.35. The Bertz CT molecular complexity index is 1210. The van der Waals surface area contributed by atoms with E-state index in [-0.39, 0.29) is 29.1 Å². The van der Waals surface area contributed by atoms with Gasteiger partial charge in [0.25, 0.3) is 11.8 Å². The second-order valence-corrected chi connectivity index (χ2v) is 8.84. The van der Waals surface area contributed by atoms with Crippen LogP contribution in [-0.4, -0.2) is 32.2 Å². The monoisotopic (exact) mass is 457 g/mol. The number of carbonyl (C=O) groups is 1. The van der Waals surface area contributed by atoms with Gasteiger partial charge in [-0.15, -0.1) is 6.58 Å². The number of anilines is 1. The van der Waals surface area contributed by atoms with Gasteiger partial charge in [0.1, 0.15) is 11.5 Å². The minimum atomic E-state index is -3.07. The number of carbonyl (C=O) groups excluding carboxylic acids is 1. The maximum absolute atomic E-state index is 13.8. The van der Waals surface area contributed by atoms with Crippen molar-refractivity contribution in [2.24, 2.45) is 0 Å². The molecule has 2 aromatic heterocycles. The Morgan fingerprint density at radius 3 is 2.72 bits per heavy atom. The van der Waals surface area contributed by atoms with Gasteiger partial charge in [0, 0.05) is 24.1 Å². The molecular formula is C23H22ClF2N5O. The van der Waals surface area contributed by atoms with E-state index in [2.05, 4.69) is 21.6 Å². The molecule has 5 rings (SSSR count). The molecule has 3 heterocycles. The Hall–Kier alpha value is -3.00. The molecule has 1 amide bonds. The Morgan fingerprint density at radius 1 is 1.31 bits per heavy atom. The van der Waals surface area contributed by atoms with Crippen molar-refractivity contribution >= 4 is 23.2 Å². The number of nitrogens with zero attached hydrogens (tertiary/aromatic N) is 4. The first-order chi connectivity index (χ1) is 15.3. The van der Waals surface area contributed by atoms with E-state index >= 15 is 0 Å².